The second kappa shape index (κ2) is 11.6. The largest absolute Gasteiger partial charge is 0.497 e. The molecule has 0 spiro atoms. The van der Waals surface area contributed by atoms with Crippen LogP contribution in [0.1, 0.15) is 35.3 Å². The van der Waals surface area contributed by atoms with Crippen LogP contribution < -0.4 is 4.74 Å². The van der Waals surface area contributed by atoms with E-state index in [0.29, 0.717) is 25.4 Å². The van der Waals surface area contributed by atoms with E-state index >= 15 is 0 Å². The fourth-order valence-corrected chi connectivity index (χ4v) is 2.48. The zero-order valence-electron chi connectivity index (χ0n) is 16.6. The van der Waals surface area contributed by atoms with Gasteiger partial charge in [0.1, 0.15) is 5.75 Å². The van der Waals surface area contributed by atoms with Gasteiger partial charge >= 0.3 is 5.97 Å². The lowest BCUT2D eigenvalue weighted by molar-refractivity contribution is 0.0526. The van der Waals surface area contributed by atoms with Crippen molar-refractivity contribution < 1.29 is 19.0 Å². The van der Waals surface area contributed by atoms with Crippen molar-refractivity contribution in [1.82, 2.24) is 0 Å². The van der Waals surface area contributed by atoms with Gasteiger partial charge < -0.3 is 14.2 Å². The molecule has 4 heteroatoms. The van der Waals surface area contributed by atoms with Crippen molar-refractivity contribution in [3.8, 4) is 17.6 Å². The quantitative estimate of drug-likeness (QED) is 0.382. The summed E-state index contributed by atoms with van der Waals surface area (Å²) in [6, 6.07) is 14.9. The minimum atomic E-state index is -0.319. The Labute approximate surface area is 167 Å². The molecule has 2 aromatic rings. The summed E-state index contributed by atoms with van der Waals surface area (Å²) in [6.07, 6.45) is 3.99. The highest BCUT2D eigenvalue weighted by Crippen LogP contribution is 2.12. The predicted molar refractivity (Wildman–Crippen MR) is 110 cm³/mol. The number of esters is 1. The zero-order chi connectivity index (χ0) is 20.2. The predicted octanol–water partition coefficient (Wildman–Crippen LogP) is 4.63. The van der Waals surface area contributed by atoms with Crippen LogP contribution in [0.15, 0.2) is 60.7 Å². The Morgan fingerprint density at radius 3 is 2.43 bits per heavy atom. The standard InChI is InChI=1S/C24H26O4/c1-4-6-20(17-27-18-21-11-15-23(26-3)16-12-21)8-7-19-9-13-22(14-10-19)24(25)28-5-2/h4,6,9-16,20H,5,17-18H2,1-3H3/b6-4+/t20-/m0/s1. The van der Waals surface area contributed by atoms with Crippen LogP contribution in [0.2, 0.25) is 0 Å². The highest BCUT2D eigenvalue weighted by atomic mass is 16.5. The number of benzene rings is 2. The molecule has 0 N–H and O–H groups in total. The lowest BCUT2D eigenvalue weighted by Crippen LogP contribution is -2.05. The molecule has 0 saturated carbocycles. The molecule has 0 saturated heterocycles. The topological polar surface area (TPSA) is 44.8 Å². The summed E-state index contributed by atoms with van der Waals surface area (Å²) in [4.78, 5) is 11.7. The van der Waals surface area contributed by atoms with Crippen molar-refractivity contribution >= 4 is 5.97 Å². The van der Waals surface area contributed by atoms with Gasteiger partial charge in [-0.3, -0.25) is 0 Å². The normalized spacial score (nSPS) is 11.5. The summed E-state index contributed by atoms with van der Waals surface area (Å²) in [6.45, 7) is 5.14. The summed E-state index contributed by atoms with van der Waals surface area (Å²) in [5.74, 6) is 6.86. The minimum Gasteiger partial charge on any atom is -0.497 e. The maximum absolute atomic E-state index is 11.7. The summed E-state index contributed by atoms with van der Waals surface area (Å²) >= 11 is 0. The Hall–Kier alpha value is -3.03. The molecule has 0 bridgehead atoms. The van der Waals surface area contributed by atoms with Crippen LogP contribution in [-0.4, -0.2) is 26.3 Å². The van der Waals surface area contributed by atoms with Gasteiger partial charge in [-0.05, 0) is 55.8 Å². The first kappa shape index (κ1) is 21.3. The maximum Gasteiger partial charge on any atom is 0.338 e. The first-order valence-corrected chi connectivity index (χ1v) is 9.28. The summed E-state index contributed by atoms with van der Waals surface area (Å²) in [5, 5.41) is 0. The van der Waals surface area contributed by atoms with E-state index in [-0.39, 0.29) is 11.9 Å². The number of allylic oxidation sites excluding steroid dienone is 1. The van der Waals surface area contributed by atoms with Crippen LogP contribution in [0.4, 0.5) is 0 Å². The lowest BCUT2D eigenvalue weighted by Gasteiger charge is -2.08. The van der Waals surface area contributed by atoms with Crippen molar-refractivity contribution in [3.05, 3.63) is 77.4 Å². The average Bonchev–Trinajstić information content (AvgIpc) is 2.73. The third kappa shape index (κ3) is 6.94. The molecule has 0 aliphatic heterocycles. The van der Waals surface area contributed by atoms with Gasteiger partial charge in [0.15, 0.2) is 0 Å². The van der Waals surface area contributed by atoms with E-state index in [1.165, 1.54) is 0 Å². The van der Waals surface area contributed by atoms with Crippen molar-refractivity contribution in [2.45, 2.75) is 20.5 Å². The summed E-state index contributed by atoms with van der Waals surface area (Å²) in [7, 11) is 1.65. The van der Waals surface area contributed by atoms with Gasteiger partial charge in [0.2, 0.25) is 0 Å². The first-order chi connectivity index (χ1) is 13.7. The molecule has 0 heterocycles. The molecule has 0 aromatic heterocycles. The Kier molecular flexibility index (Phi) is 8.84. The van der Waals surface area contributed by atoms with Crippen molar-refractivity contribution in [2.75, 3.05) is 20.3 Å². The zero-order valence-corrected chi connectivity index (χ0v) is 16.6. The fourth-order valence-electron chi connectivity index (χ4n) is 2.48. The lowest BCUT2D eigenvalue weighted by atomic mass is 10.1. The molecule has 0 fully saturated rings. The monoisotopic (exact) mass is 378 g/mol. The van der Waals surface area contributed by atoms with E-state index in [1.54, 1.807) is 26.2 Å². The maximum atomic E-state index is 11.7. The van der Waals surface area contributed by atoms with Crippen molar-refractivity contribution in [2.24, 2.45) is 5.92 Å². The number of carbonyl (C=O) groups is 1. The molecule has 0 unspecified atom stereocenters. The van der Waals surface area contributed by atoms with Crippen LogP contribution in [0.5, 0.6) is 5.75 Å². The van der Waals surface area contributed by atoms with E-state index in [2.05, 4.69) is 11.8 Å². The molecule has 1 atom stereocenters. The van der Waals surface area contributed by atoms with E-state index < -0.39 is 0 Å². The van der Waals surface area contributed by atoms with Gasteiger partial charge in [0, 0.05) is 5.56 Å². The molecule has 28 heavy (non-hydrogen) atoms. The van der Waals surface area contributed by atoms with Crippen LogP contribution in [-0.2, 0) is 16.1 Å². The van der Waals surface area contributed by atoms with E-state index in [4.69, 9.17) is 14.2 Å². The van der Waals surface area contributed by atoms with E-state index in [1.807, 2.05) is 55.5 Å². The fraction of sp³-hybridized carbons (Fsp3) is 0.292. The second-order valence-electron chi connectivity index (χ2n) is 6.06. The minimum absolute atomic E-state index is 0.00650. The van der Waals surface area contributed by atoms with Crippen LogP contribution in [0, 0.1) is 17.8 Å². The Morgan fingerprint density at radius 1 is 1.11 bits per heavy atom. The summed E-state index contributed by atoms with van der Waals surface area (Å²) in [5.41, 5.74) is 2.46. The number of hydrogen-bond acceptors (Lipinski definition) is 4. The smallest absolute Gasteiger partial charge is 0.338 e. The molecule has 146 valence electrons. The van der Waals surface area contributed by atoms with Gasteiger partial charge in [-0.25, -0.2) is 4.79 Å². The molecular weight excluding hydrogens is 352 g/mol. The van der Waals surface area contributed by atoms with Gasteiger partial charge in [-0.15, -0.1) is 0 Å². The highest BCUT2D eigenvalue weighted by molar-refractivity contribution is 5.89. The average molecular weight is 378 g/mol. The van der Waals surface area contributed by atoms with Crippen LogP contribution in [0.25, 0.3) is 0 Å². The van der Waals surface area contributed by atoms with Crippen LogP contribution in [0.3, 0.4) is 0 Å². The number of methoxy groups -OCH3 is 1. The molecule has 0 aliphatic carbocycles. The number of ether oxygens (including phenoxy) is 3. The molecule has 2 rings (SSSR count). The van der Waals surface area contributed by atoms with Crippen LogP contribution >= 0.6 is 0 Å². The van der Waals surface area contributed by atoms with Gasteiger partial charge in [0.25, 0.3) is 0 Å². The van der Waals surface area contributed by atoms with Crippen molar-refractivity contribution in [3.63, 3.8) is 0 Å². The van der Waals surface area contributed by atoms with Gasteiger partial charge in [-0.1, -0.05) is 36.1 Å². The molecule has 0 aliphatic rings. The Balaban J connectivity index is 1.92. The SMILES string of the molecule is C/C=C/[C@@H](C#Cc1ccc(C(=O)OCC)cc1)COCc1ccc(OC)cc1. The van der Waals surface area contributed by atoms with Gasteiger partial charge in [-0.2, -0.15) is 0 Å². The third-order valence-electron chi connectivity index (χ3n) is 3.95. The number of carbonyl (C=O) groups excluding carboxylic acids is 1. The van der Waals surface area contributed by atoms with E-state index in [9.17, 15) is 4.79 Å². The Bertz CT molecular complexity index is 824. The first-order valence-electron chi connectivity index (χ1n) is 9.28. The Morgan fingerprint density at radius 2 is 1.82 bits per heavy atom. The third-order valence-corrected chi connectivity index (χ3v) is 3.95. The molecular formula is C24H26O4. The molecule has 2 aromatic carbocycles. The van der Waals surface area contributed by atoms with Crippen molar-refractivity contribution in [1.29, 1.82) is 0 Å². The van der Waals surface area contributed by atoms with Gasteiger partial charge in [0.05, 0.1) is 38.4 Å². The number of rotatable bonds is 8. The molecule has 0 amide bonds. The summed E-state index contributed by atoms with van der Waals surface area (Å²) < 4.78 is 16.0. The highest BCUT2D eigenvalue weighted by Gasteiger charge is 2.05. The number of hydrogen-bond donors (Lipinski definition) is 0. The molecule has 4 nitrogen and oxygen atoms in total. The van der Waals surface area contributed by atoms with E-state index in [0.717, 1.165) is 16.9 Å². The second-order valence-corrected chi connectivity index (χ2v) is 6.06. The molecule has 0 radical (unpaired) electrons.